The van der Waals surface area contributed by atoms with Gasteiger partial charge < -0.3 is 15.4 Å². The predicted molar refractivity (Wildman–Crippen MR) is 67.1 cm³/mol. The smallest absolute Gasteiger partial charge is 0.225 e. The van der Waals surface area contributed by atoms with E-state index in [1.54, 1.807) is 30.7 Å². The summed E-state index contributed by atoms with van der Waals surface area (Å²) >= 11 is 0. The summed E-state index contributed by atoms with van der Waals surface area (Å²) < 4.78 is 0. The highest BCUT2D eigenvalue weighted by Crippen LogP contribution is 2.12. The fourth-order valence-corrected chi connectivity index (χ4v) is 1.67. The molecule has 0 aliphatic heterocycles. The van der Waals surface area contributed by atoms with Crippen molar-refractivity contribution in [2.75, 3.05) is 5.32 Å². The zero-order valence-corrected chi connectivity index (χ0v) is 9.46. The van der Waals surface area contributed by atoms with E-state index in [1.165, 1.54) is 0 Å². The van der Waals surface area contributed by atoms with Crippen molar-refractivity contribution >= 4 is 17.1 Å². The molecule has 0 atom stereocenters. The molecule has 0 saturated heterocycles. The number of aromatic amines is 1. The Hall–Kier alpha value is -2.63. The number of benzene rings is 1. The van der Waals surface area contributed by atoms with E-state index in [4.69, 9.17) is 0 Å². The fraction of sp³-hybridized carbons (Fsp3) is 0.0833. The molecule has 0 spiro atoms. The van der Waals surface area contributed by atoms with Crippen molar-refractivity contribution in [3.05, 3.63) is 42.4 Å². The number of anilines is 1. The summed E-state index contributed by atoms with van der Waals surface area (Å²) in [6.45, 7) is 0.546. The van der Waals surface area contributed by atoms with Gasteiger partial charge in [-0.15, -0.1) is 0 Å². The molecule has 2 aromatic heterocycles. The van der Waals surface area contributed by atoms with E-state index in [9.17, 15) is 5.11 Å². The Balaban J connectivity index is 1.76. The van der Waals surface area contributed by atoms with E-state index in [0.29, 0.717) is 18.1 Å². The summed E-state index contributed by atoms with van der Waals surface area (Å²) in [5.74, 6) is 0.760. The lowest BCUT2D eigenvalue weighted by molar-refractivity contribution is 0.474. The lowest BCUT2D eigenvalue weighted by Crippen LogP contribution is -2.03. The van der Waals surface area contributed by atoms with Crippen LogP contribution in [0.2, 0.25) is 0 Å². The van der Waals surface area contributed by atoms with Gasteiger partial charge >= 0.3 is 0 Å². The third-order valence-electron chi connectivity index (χ3n) is 2.54. The third kappa shape index (κ3) is 2.08. The maximum Gasteiger partial charge on any atom is 0.225 e. The standard InChI is InChI=1S/C12H11N5O/c18-9-3-1-2-8(4-9)5-13-12-14-6-10-11(17-12)16-7-15-10/h1-4,6-7,18H,5H2,(H2,13,14,15,16,17). The van der Waals surface area contributed by atoms with Gasteiger partial charge in [0.25, 0.3) is 0 Å². The topological polar surface area (TPSA) is 86.7 Å². The molecule has 0 unspecified atom stereocenters. The number of phenolic OH excluding ortho intramolecular Hbond substituents is 1. The Morgan fingerprint density at radius 2 is 2.22 bits per heavy atom. The molecular formula is C12H11N5O. The first kappa shape index (κ1) is 10.5. The summed E-state index contributed by atoms with van der Waals surface area (Å²) in [5, 5.41) is 12.4. The van der Waals surface area contributed by atoms with Crippen LogP contribution in [0.15, 0.2) is 36.8 Å². The first-order valence-corrected chi connectivity index (χ1v) is 5.49. The van der Waals surface area contributed by atoms with Crippen molar-refractivity contribution in [2.24, 2.45) is 0 Å². The molecule has 6 heteroatoms. The number of hydrogen-bond donors (Lipinski definition) is 3. The predicted octanol–water partition coefficient (Wildman–Crippen LogP) is 1.67. The molecule has 0 amide bonds. The number of H-pyrrole nitrogens is 1. The Morgan fingerprint density at radius 1 is 1.28 bits per heavy atom. The molecule has 3 N–H and O–H groups in total. The van der Waals surface area contributed by atoms with E-state index in [1.807, 2.05) is 6.07 Å². The second kappa shape index (κ2) is 4.33. The van der Waals surface area contributed by atoms with Gasteiger partial charge in [-0.25, -0.2) is 9.97 Å². The molecule has 3 aromatic rings. The lowest BCUT2D eigenvalue weighted by Gasteiger charge is -2.04. The average Bonchev–Trinajstić information content (AvgIpc) is 2.84. The van der Waals surface area contributed by atoms with Crippen molar-refractivity contribution in [2.45, 2.75) is 6.54 Å². The van der Waals surface area contributed by atoms with Crippen LogP contribution in [0.4, 0.5) is 5.95 Å². The van der Waals surface area contributed by atoms with Crippen LogP contribution in [0.1, 0.15) is 5.56 Å². The van der Waals surface area contributed by atoms with E-state index >= 15 is 0 Å². The van der Waals surface area contributed by atoms with Gasteiger partial charge in [-0.2, -0.15) is 4.98 Å². The summed E-state index contributed by atoms with van der Waals surface area (Å²) in [4.78, 5) is 15.4. The van der Waals surface area contributed by atoms with Crippen LogP contribution in [-0.2, 0) is 6.54 Å². The summed E-state index contributed by atoms with van der Waals surface area (Å²) in [6.07, 6.45) is 3.26. The monoisotopic (exact) mass is 241 g/mol. The maximum absolute atomic E-state index is 9.35. The molecule has 0 aliphatic carbocycles. The van der Waals surface area contributed by atoms with Gasteiger partial charge in [0, 0.05) is 6.54 Å². The van der Waals surface area contributed by atoms with Gasteiger partial charge in [0.2, 0.25) is 5.95 Å². The average molecular weight is 241 g/mol. The highest BCUT2D eigenvalue weighted by molar-refractivity contribution is 5.69. The minimum absolute atomic E-state index is 0.248. The quantitative estimate of drug-likeness (QED) is 0.649. The van der Waals surface area contributed by atoms with Crippen LogP contribution >= 0.6 is 0 Å². The van der Waals surface area contributed by atoms with Gasteiger partial charge in [0.05, 0.1) is 12.5 Å². The van der Waals surface area contributed by atoms with Crippen molar-refractivity contribution in [1.82, 2.24) is 19.9 Å². The number of hydrogen-bond acceptors (Lipinski definition) is 5. The molecule has 0 bridgehead atoms. The fourth-order valence-electron chi connectivity index (χ4n) is 1.67. The first-order valence-electron chi connectivity index (χ1n) is 5.49. The van der Waals surface area contributed by atoms with Crippen molar-refractivity contribution < 1.29 is 5.11 Å². The summed E-state index contributed by atoms with van der Waals surface area (Å²) in [7, 11) is 0. The lowest BCUT2D eigenvalue weighted by atomic mass is 10.2. The zero-order chi connectivity index (χ0) is 12.4. The molecule has 0 saturated carbocycles. The largest absolute Gasteiger partial charge is 0.508 e. The molecule has 0 aliphatic rings. The van der Waals surface area contributed by atoms with Gasteiger partial charge in [-0.1, -0.05) is 12.1 Å². The number of nitrogens with one attached hydrogen (secondary N) is 2. The van der Waals surface area contributed by atoms with Gasteiger partial charge in [-0.3, -0.25) is 0 Å². The molecule has 3 rings (SSSR count). The summed E-state index contributed by atoms with van der Waals surface area (Å²) in [6, 6.07) is 7.04. The number of phenols is 1. The third-order valence-corrected chi connectivity index (χ3v) is 2.54. The minimum atomic E-state index is 0.248. The second-order valence-electron chi connectivity index (χ2n) is 3.86. The summed E-state index contributed by atoms with van der Waals surface area (Å²) in [5.41, 5.74) is 2.39. The molecule has 2 heterocycles. The number of fused-ring (bicyclic) bond motifs is 1. The van der Waals surface area contributed by atoms with Crippen LogP contribution < -0.4 is 5.32 Å². The first-order chi connectivity index (χ1) is 8.81. The van der Waals surface area contributed by atoms with E-state index in [-0.39, 0.29) is 5.75 Å². The number of aromatic hydroxyl groups is 1. The van der Waals surface area contributed by atoms with Gasteiger partial charge in [-0.05, 0) is 17.7 Å². The SMILES string of the molecule is Oc1cccc(CNc2ncc3[nH]cnc3n2)c1. The Labute approximate surface area is 103 Å². The van der Waals surface area contributed by atoms with Gasteiger partial charge in [0.15, 0.2) is 5.65 Å². The zero-order valence-electron chi connectivity index (χ0n) is 9.46. The molecule has 90 valence electrons. The highest BCUT2D eigenvalue weighted by Gasteiger charge is 2.01. The van der Waals surface area contributed by atoms with Crippen LogP contribution in [0.25, 0.3) is 11.2 Å². The van der Waals surface area contributed by atoms with Crippen molar-refractivity contribution in [3.8, 4) is 5.75 Å². The van der Waals surface area contributed by atoms with E-state index in [0.717, 1.165) is 11.1 Å². The molecule has 0 radical (unpaired) electrons. The maximum atomic E-state index is 9.35. The molecular weight excluding hydrogens is 230 g/mol. The number of nitrogens with zero attached hydrogens (tertiary/aromatic N) is 3. The van der Waals surface area contributed by atoms with Crippen molar-refractivity contribution in [1.29, 1.82) is 0 Å². The van der Waals surface area contributed by atoms with Crippen LogP contribution in [0, 0.1) is 0 Å². The molecule has 6 nitrogen and oxygen atoms in total. The molecule has 1 aromatic carbocycles. The van der Waals surface area contributed by atoms with E-state index in [2.05, 4.69) is 25.3 Å². The van der Waals surface area contributed by atoms with Gasteiger partial charge in [0.1, 0.15) is 11.3 Å². The second-order valence-corrected chi connectivity index (χ2v) is 3.86. The number of rotatable bonds is 3. The van der Waals surface area contributed by atoms with Crippen molar-refractivity contribution in [3.63, 3.8) is 0 Å². The van der Waals surface area contributed by atoms with Crippen LogP contribution in [0.5, 0.6) is 5.75 Å². The Kier molecular flexibility index (Phi) is 2.53. The minimum Gasteiger partial charge on any atom is -0.508 e. The Bertz CT molecular complexity index is 679. The normalized spacial score (nSPS) is 10.7. The molecule has 18 heavy (non-hydrogen) atoms. The highest BCUT2D eigenvalue weighted by atomic mass is 16.3. The van der Waals surface area contributed by atoms with Crippen LogP contribution in [0.3, 0.4) is 0 Å². The Morgan fingerprint density at radius 3 is 3.11 bits per heavy atom. The number of aromatic nitrogens is 4. The van der Waals surface area contributed by atoms with Crippen LogP contribution in [-0.4, -0.2) is 25.0 Å². The number of imidazole rings is 1. The van der Waals surface area contributed by atoms with E-state index < -0.39 is 0 Å². The molecule has 0 fully saturated rings.